The van der Waals surface area contributed by atoms with Crippen LogP contribution in [0, 0.1) is 0 Å². The van der Waals surface area contributed by atoms with Crippen molar-refractivity contribution in [1.82, 2.24) is 15.6 Å². The smallest absolute Gasteiger partial charge is 0.191 e. The van der Waals surface area contributed by atoms with Crippen LogP contribution in [0.1, 0.15) is 36.9 Å². The second kappa shape index (κ2) is 12.1. The van der Waals surface area contributed by atoms with Gasteiger partial charge in [0.25, 0.3) is 0 Å². The molecule has 3 N–H and O–H groups in total. The number of hydrogen-bond acceptors (Lipinski definition) is 4. The zero-order chi connectivity index (χ0) is 17.2. The number of rotatable bonds is 8. The molecule has 5 nitrogen and oxygen atoms in total. The fourth-order valence-corrected chi connectivity index (χ4v) is 3.03. The van der Waals surface area contributed by atoms with Crippen molar-refractivity contribution in [3.8, 4) is 0 Å². The summed E-state index contributed by atoms with van der Waals surface area (Å²) in [5.41, 5.74) is 2.32. The van der Waals surface area contributed by atoms with Gasteiger partial charge in [0, 0.05) is 31.2 Å². The van der Waals surface area contributed by atoms with Crippen LogP contribution in [0.4, 0.5) is 5.69 Å². The molecule has 0 radical (unpaired) electrons. The van der Waals surface area contributed by atoms with Crippen molar-refractivity contribution in [3.05, 3.63) is 46.4 Å². The van der Waals surface area contributed by atoms with Crippen LogP contribution < -0.4 is 16.0 Å². The van der Waals surface area contributed by atoms with Crippen LogP contribution in [0.3, 0.4) is 0 Å². The first-order chi connectivity index (χ1) is 11.7. The third-order valence-electron chi connectivity index (χ3n) is 3.54. The Labute approximate surface area is 171 Å². The average Bonchev–Trinajstić information content (AvgIpc) is 3.07. The van der Waals surface area contributed by atoms with Crippen molar-refractivity contribution < 1.29 is 0 Å². The number of hydrogen-bond donors (Lipinski definition) is 3. The molecule has 0 saturated heterocycles. The van der Waals surface area contributed by atoms with Crippen LogP contribution >= 0.6 is 35.3 Å². The van der Waals surface area contributed by atoms with Crippen molar-refractivity contribution >= 4 is 47.0 Å². The minimum atomic E-state index is 0. The van der Waals surface area contributed by atoms with Crippen LogP contribution in [0.25, 0.3) is 0 Å². The Bertz CT molecular complexity index is 627. The lowest BCUT2D eigenvalue weighted by atomic mass is 10.2. The number of nitrogens with one attached hydrogen (secondary N) is 3. The highest BCUT2D eigenvalue weighted by molar-refractivity contribution is 14.0. The Balaban J connectivity index is 0.00000312. The molecule has 7 heteroatoms. The zero-order valence-corrected chi connectivity index (χ0v) is 18.2. The van der Waals surface area contributed by atoms with Crippen molar-refractivity contribution in [3.63, 3.8) is 0 Å². The van der Waals surface area contributed by atoms with Crippen LogP contribution in [0.5, 0.6) is 0 Å². The highest BCUT2D eigenvalue weighted by atomic mass is 127. The van der Waals surface area contributed by atoms with E-state index in [4.69, 9.17) is 0 Å². The van der Waals surface area contributed by atoms with E-state index < -0.39 is 0 Å². The number of benzene rings is 1. The van der Waals surface area contributed by atoms with E-state index in [9.17, 15) is 0 Å². The van der Waals surface area contributed by atoms with E-state index in [1.807, 2.05) is 18.2 Å². The third-order valence-corrected chi connectivity index (χ3v) is 4.41. The van der Waals surface area contributed by atoms with Gasteiger partial charge in [-0.1, -0.05) is 32.0 Å². The van der Waals surface area contributed by atoms with E-state index in [0.717, 1.165) is 41.9 Å². The highest BCUT2D eigenvalue weighted by Crippen LogP contribution is 2.17. The predicted molar refractivity (Wildman–Crippen MR) is 119 cm³/mol. The molecule has 138 valence electrons. The fourth-order valence-electron chi connectivity index (χ4n) is 2.14. The molecule has 2 rings (SSSR count). The van der Waals surface area contributed by atoms with Gasteiger partial charge in [0.2, 0.25) is 0 Å². The molecule has 0 unspecified atom stereocenters. The van der Waals surface area contributed by atoms with E-state index >= 15 is 0 Å². The summed E-state index contributed by atoms with van der Waals surface area (Å²) >= 11 is 1.69. The number of aromatic nitrogens is 1. The maximum Gasteiger partial charge on any atom is 0.191 e. The van der Waals surface area contributed by atoms with Crippen molar-refractivity contribution in [2.24, 2.45) is 4.99 Å². The van der Waals surface area contributed by atoms with Gasteiger partial charge in [-0.05, 0) is 24.5 Å². The number of guanidine groups is 1. The maximum absolute atomic E-state index is 4.62. The van der Waals surface area contributed by atoms with Gasteiger partial charge in [0.15, 0.2) is 5.96 Å². The molecule has 0 bridgehead atoms. The van der Waals surface area contributed by atoms with E-state index in [2.05, 4.69) is 57.3 Å². The third kappa shape index (κ3) is 8.04. The van der Waals surface area contributed by atoms with E-state index in [-0.39, 0.29) is 24.0 Å². The molecule has 0 spiro atoms. The molecule has 0 saturated carbocycles. The number of para-hydroxylation sites is 1. The number of nitrogens with zero attached hydrogens (tertiary/aromatic N) is 2. The van der Waals surface area contributed by atoms with Gasteiger partial charge in [-0.25, -0.2) is 4.98 Å². The summed E-state index contributed by atoms with van der Waals surface area (Å²) in [5.74, 6) is 1.29. The van der Waals surface area contributed by atoms with Crippen LogP contribution in [-0.2, 0) is 6.54 Å². The predicted octanol–water partition coefficient (Wildman–Crippen LogP) is 4.05. The second-order valence-electron chi connectivity index (χ2n) is 5.82. The molecule has 1 heterocycles. The minimum absolute atomic E-state index is 0. The van der Waals surface area contributed by atoms with Crippen LogP contribution in [0.15, 0.2) is 40.7 Å². The Kier molecular flexibility index (Phi) is 10.5. The summed E-state index contributed by atoms with van der Waals surface area (Å²) in [7, 11) is 1.79. The number of aliphatic imine (C=N–C) groups is 1. The molecular formula is C18H28IN5S. The second-order valence-corrected chi connectivity index (χ2v) is 6.76. The lowest BCUT2D eigenvalue weighted by Crippen LogP contribution is -2.37. The SMILES string of the molecule is CN=C(NCCCNc1ccccc1)NCc1nc(C(C)C)cs1.I. The van der Waals surface area contributed by atoms with Gasteiger partial charge < -0.3 is 16.0 Å². The van der Waals surface area contributed by atoms with Crippen LogP contribution in [-0.4, -0.2) is 31.1 Å². The summed E-state index contributed by atoms with van der Waals surface area (Å²) in [4.78, 5) is 8.87. The number of halogens is 1. The van der Waals surface area contributed by atoms with Gasteiger partial charge in [-0.15, -0.1) is 35.3 Å². The summed E-state index contributed by atoms with van der Waals surface area (Å²) in [6, 6.07) is 10.3. The van der Waals surface area contributed by atoms with Crippen molar-refractivity contribution in [1.29, 1.82) is 0 Å². The molecule has 25 heavy (non-hydrogen) atoms. The minimum Gasteiger partial charge on any atom is -0.385 e. The van der Waals surface area contributed by atoms with Gasteiger partial charge >= 0.3 is 0 Å². The molecule has 0 aliphatic carbocycles. The van der Waals surface area contributed by atoms with Crippen LogP contribution in [0.2, 0.25) is 0 Å². The Morgan fingerprint density at radius 2 is 1.92 bits per heavy atom. The highest BCUT2D eigenvalue weighted by Gasteiger charge is 2.06. The lowest BCUT2D eigenvalue weighted by Gasteiger charge is -2.11. The standard InChI is InChI=1S/C18H27N5S.HI/c1-14(2)16-13-24-17(23-16)12-22-18(19-3)21-11-7-10-20-15-8-5-4-6-9-15;/h4-6,8-9,13-14,20H,7,10-12H2,1-3H3,(H2,19,21,22);1H. The van der Waals surface area contributed by atoms with Gasteiger partial charge in [-0.2, -0.15) is 0 Å². The molecule has 0 aliphatic heterocycles. The Morgan fingerprint density at radius 3 is 2.56 bits per heavy atom. The van der Waals surface area contributed by atoms with E-state index in [0.29, 0.717) is 12.5 Å². The first-order valence-electron chi connectivity index (χ1n) is 8.36. The molecule has 0 fully saturated rings. The fraction of sp³-hybridized carbons (Fsp3) is 0.444. The normalized spacial score (nSPS) is 11.1. The summed E-state index contributed by atoms with van der Waals surface area (Å²) in [5, 5.41) is 13.3. The van der Waals surface area contributed by atoms with Gasteiger partial charge in [0.05, 0.1) is 12.2 Å². The topological polar surface area (TPSA) is 61.3 Å². The first kappa shape index (κ1) is 21.7. The Morgan fingerprint density at radius 1 is 1.16 bits per heavy atom. The van der Waals surface area contributed by atoms with Crippen molar-refractivity contribution in [2.45, 2.75) is 32.7 Å². The maximum atomic E-state index is 4.62. The molecule has 2 aromatic rings. The van der Waals surface area contributed by atoms with Gasteiger partial charge in [-0.3, -0.25) is 4.99 Å². The molecule has 1 aromatic heterocycles. The Hall–Kier alpha value is -1.35. The first-order valence-corrected chi connectivity index (χ1v) is 9.24. The monoisotopic (exact) mass is 473 g/mol. The van der Waals surface area contributed by atoms with E-state index in [1.165, 1.54) is 0 Å². The molecule has 0 aliphatic rings. The molecular weight excluding hydrogens is 445 g/mol. The largest absolute Gasteiger partial charge is 0.385 e. The summed E-state index contributed by atoms with van der Waals surface area (Å²) in [6.07, 6.45) is 1.02. The number of anilines is 1. The van der Waals surface area contributed by atoms with Crippen molar-refractivity contribution in [2.75, 3.05) is 25.5 Å². The zero-order valence-electron chi connectivity index (χ0n) is 15.1. The molecule has 1 aromatic carbocycles. The van der Waals surface area contributed by atoms with Gasteiger partial charge in [0.1, 0.15) is 5.01 Å². The average molecular weight is 473 g/mol. The molecule has 0 atom stereocenters. The quantitative estimate of drug-likeness (QED) is 0.234. The summed E-state index contributed by atoms with van der Waals surface area (Å²) < 4.78 is 0. The lowest BCUT2D eigenvalue weighted by molar-refractivity contribution is 0.756. The van der Waals surface area contributed by atoms with E-state index in [1.54, 1.807) is 18.4 Å². The summed E-state index contributed by atoms with van der Waals surface area (Å²) in [6.45, 7) is 6.83. The molecule has 0 amide bonds. The number of thiazole rings is 1.